The number of ketones is 2. The number of allylic oxidation sites excluding steroid dienone is 1. The molecule has 2 amide bonds. The Kier molecular flexibility index (Phi) is 6.37. The molecule has 0 fully saturated rings. The van der Waals surface area contributed by atoms with E-state index >= 15 is 4.39 Å². The Labute approximate surface area is 234 Å². The zero-order chi connectivity index (χ0) is 30.5. The van der Waals surface area contributed by atoms with Gasteiger partial charge in [0.1, 0.15) is 22.9 Å². The van der Waals surface area contributed by atoms with Gasteiger partial charge in [-0.05, 0) is 53.6 Å². The summed E-state index contributed by atoms with van der Waals surface area (Å²) in [5.41, 5.74) is -0.187. The summed E-state index contributed by atoms with van der Waals surface area (Å²) >= 11 is 0. The standard InChI is InChI=1S/C28H33FN4O8/c1-27(2,3)33-8-12-18(29)11-6-10-7-13-20(32(4)5)23(37)17(26(30)40)25(39)28(13,41)24(38)15(10)21(35)16(11)22(36)19(12)31-14(34)9-33/h10,13,20,36-38,41H,6-9H2,1-5H3,(H2,30,40)(H,31,34)/t10-,13-,20-,28-/m0/s1. The Hall–Kier alpha value is -3.81. The van der Waals surface area contributed by atoms with Gasteiger partial charge in [0.25, 0.3) is 5.91 Å². The molecule has 7 N–H and O–H groups in total. The molecule has 0 spiro atoms. The molecule has 220 valence electrons. The van der Waals surface area contributed by atoms with E-state index in [1.807, 2.05) is 20.8 Å². The van der Waals surface area contributed by atoms with Crippen LogP contribution < -0.4 is 11.1 Å². The number of benzene rings is 1. The Morgan fingerprint density at radius 1 is 1.12 bits per heavy atom. The first kappa shape index (κ1) is 28.7. The van der Waals surface area contributed by atoms with Gasteiger partial charge >= 0.3 is 0 Å². The summed E-state index contributed by atoms with van der Waals surface area (Å²) in [5.74, 6) is -9.58. The zero-order valence-electron chi connectivity index (χ0n) is 23.3. The van der Waals surface area contributed by atoms with Gasteiger partial charge in [-0.1, -0.05) is 0 Å². The molecule has 1 aliphatic heterocycles. The number of halogens is 1. The van der Waals surface area contributed by atoms with E-state index in [0.717, 1.165) is 0 Å². The molecule has 4 aliphatic rings. The van der Waals surface area contributed by atoms with Crippen LogP contribution in [0.3, 0.4) is 0 Å². The quantitative estimate of drug-likeness (QED) is 0.218. The predicted octanol–water partition coefficient (Wildman–Crippen LogP) is 0.812. The minimum atomic E-state index is -2.80. The molecule has 0 saturated heterocycles. The van der Waals surface area contributed by atoms with Gasteiger partial charge in [-0.25, -0.2) is 4.39 Å². The van der Waals surface area contributed by atoms with Crippen molar-refractivity contribution in [3.8, 4) is 5.75 Å². The molecule has 0 aromatic heterocycles. The number of primary amides is 1. The van der Waals surface area contributed by atoms with Crippen LogP contribution in [0.5, 0.6) is 5.75 Å². The number of nitrogens with one attached hydrogen (secondary N) is 1. The van der Waals surface area contributed by atoms with Gasteiger partial charge in [-0.2, -0.15) is 0 Å². The van der Waals surface area contributed by atoms with Crippen LogP contribution in [0.1, 0.15) is 48.7 Å². The van der Waals surface area contributed by atoms with E-state index < -0.39 is 92.2 Å². The molecule has 0 unspecified atom stereocenters. The second kappa shape index (κ2) is 9.10. The number of amides is 2. The number of hydrogen-bond acceptors (Lipinski definition) is 10. The lowest BCUT2D eigenvalue weighted by atomic mass is 9.58. The highest BCUT2D eigenvalue weighted by Gasteiger charge is 2.63. The van der Waals surface area contributed by atoms with E-state index in [-0.39, 0.29) is 42.7 Å². The second-order valence-corrected chi connectivity index (χ2v) is 12.4. The minimum Gasteiger partial charge on any atom is -0.510 e. The van der Waals surface area contributed by atoms with Crippen LogP contribution in [-0.4, -0.2) is 91.4 Å². The second-order valence-electron chi connectivity index (χ2n) is 12.4. The van der Waals surface area contributed by atoms with E-state index in [0.29, 0.717) is 0 Å². The molecule has 0 bridgehead atoms. The Morgan fingerprint density at radius 2 is 1.76 bits per heavy atom. The number of phenols is 1. The molecule has 5 rings (SSSR count). The zero-order valence-corrected chi connectivity index (χ0v) is 23.3. The average Bonchev–Trinajstić information content (AvgIpc) is 3.03. The smallest absolute Gasteiger partial charge is 0.255 e. The number of rotatable bonds is 2. The molecular weight excluding hydrogens is 539 g/mol. The molecule has 12 nitrogen and oxygen atoms in total. The van der Waals surface area contributed by atoms with Crippen molar-refractivity contribution in [3.05, 3.63) is 45.2 Å². The first-order valence-corrected chi connectivity index (χ1v) is 13.2. The molecule has 3 aliphatic carbocycles. The van der Waals surface area contributed by atoms with Crippen molar-refractivity contribution < 1.29 is 44.0 Å². The maximum absolute atomic E-state index is 16.3. The fraction of sp³-hybridized carbons (Fsp3) is 0.500. The predicted molar refractivity (Wildman–Crippen MR) is 142 cm³/mol. The number of fused-ring (bicyclic) bond motifs is 4. The molecule has 4 atom stereocenters. The van der Waals surface area contributed by atoms with Crippen LogP contribution in [0.15, 0.2) is 22.7 Å². The fourth-order valence-corrected chi connectivity index (χ4v) is 6.76. The van der Waals surface area contributed by atoms with Gasteiger partial charge in [0.2, 0.25) is 11.7 Å². The number of anilines is 1. The number of nitrogens with two attached hydrogens (primary N) is 1. The first-order valence-electron chi connectivity index (χ1n) is 13.2. The van der Waals surface area contributed by atoms with Crippen LogP contribution in [0.4, 0.5) is 10.1 Å². The Bertz CT molecular complexity index is 1510. The molecule has 1 aromatic carbocycles. The summed E-state index contributed by atoms with van der Waals surface area (Å²) in [6.07, 6.45) is -0.349. The number of nitrogens with zero attached hydrogens (tertiary/aromatic N) is 2. The van der Waals surface area contributed by atoms with Crippen molar-refractivity contribution in [3.63, 3.8) is 0 Å². The molecule has 0 saturated carbocycles. The largest absolute Gasteiger partial charge is 0.510 e. The number of aliphatic hydroxyl groups is 3. The van der Waals surface area contributed by atoms with Crippen LogP contribution in [0.25, 0.3) is 0 Å². The Morgan fingerprint density at radius 3 is 2.32 bits per heavy atom. The minimum absolute atomic E-state index is 0.00415. The lowest BCUT2D eigenvalue weighted by Gasteiger charge is -2.50. The molecule has 13 heteroatoms. The molecular formula is C28H33FN4O8. The molecule has 0 radical (unpaired) electrons. The fourth-order valence-electron chi connectivity index (χ4n) is 6.76. The summed E-state index contributed by atoms with van der Waals surface area (Å²) < 4.78 is 16.3. The molecule has 1 heterocycles. The molecule has 41 heavy (non-hydrogen) atoms. The number of phenolic OH excluding ortho intramolecular Hbond substituents is 1. The maximum atomic E-state index is 16.3. The van der Waals surface area contributed by atoms with Crippen LogP contribution in [0.2, 0.25) is 0 Å². The average molecular weight is 573 g/mol. The summed E-state index contributed by atoms with van der Waals surface area (Å²) in [6, 6.07) is -1.15. The van der Waals surface area contributed by atoms with Crippen LogP contribution in [-0.2, 0) is 27.3 Å². The maximum Gasteiger partial charge on any atom is 0.255 e. The lowest BCUT2D eigenvalue weighted by molar-refractivity contribution is -0.148. The normalized spacial score (nSPS) is 28.6. The highest BCUT2D eigenvalue weighted by Crippen LogP contribution is 2.53. The van der Waals surface area contributed by atoms with Gasteiger partial charge in [0.15, 0.2) is 17.1 Å². The summed E-state index contributed by atoms with van der Waals surface area (Å²) in [6.45, 7) is 5.44. The third kappa shape index (κ3) is 3.90. The monoisotopic (exact) mass is 572 g/mol. The van der Waals surface area contributed by atoms with Crippen molar-refractivity contribution in [2.75, 3.05) is 26.0 Å². The van der Waals surface area contributed by atoms with Gasteiger partial charge < -0.3 is 31.5 Å². The number of aliphatic hydroxyl groups excluding tert-OH is 2. The van der Waals surface area contributed by atoms with Gasteiger partial charge in [0, 0.05) is 34.7 Å². The van der Waals surface area contributed by atoms with E-state index in [1.165, 1.54) is 19.0 Å². The first-order chi connectivity index (χ1) is 18.9. The topological polar surface area (TPSA) is 194 Å². The van der Waals surface area contributed by atoms with Gasteiger partial charge in [-0.3, -0.25) is 29.0 Å². The van der Waals surface area contributed by atoms with Crippen molar-refractivity contribution in [2.45, 2.75) is 57.3 Å². The SMILES string of the molecule is CN(C)[C@@H]1C(O)=C(C(N)=O)C(=O)[C@@]2(O)C(O)=C3C(=O)c4c(O)c5c(c(F)c4C[C@H]3C[C@@H]12)CN(C(C)(C)C)CC(=O)N5. The van der Waals surface area contributed by atoms with Crippen molar-refractivity contribution in [2.24, 2.45) is 17.6 Å². The highest BCUT2D eigenvalue weighted by atomic mass is 19.1. The number of aromatic hydroxyl groups is 1. The van der Waals surface area contributed by atoms with E-state index in [4.69, 9.17) is 5.73 Å². The molecule has 1 aromatic rings. The number of Topliss-reactive ketones (excluding diaryl/α,β-unsaturated/α-hetero) is 2. The van der Waals surface area contributed by atoms with Crippen LogP contribution in [0, 0.1) is 17.7 Å². The summed E-state index contributed by atoms with van der Waals surface area (Å²) in [5, 5.41) is 47.6. The Balaban J connectivity index is 1.71. The summed E-state index contributed by atoms with van der Waals surface area (Å²) in [7, 11) is 3.05. The van der Waals surface area contributed by atoms with E-state index in [2.05, 4.69) is 5.32 Å². The number of carbonyl (C=O) groups is 4. The third-order valence-electron chi connectivity index (χ3n) is 8.82. The van der Waals surface area contributed by atoms with Crippen molar-refractivity contribution in [1.29, 1.82) is 0 Å². The van der Waals surface area contributed by atoms with Gasteiger partial charge in [0.05, 0.1) is 23.8 Å². The number of hydrogen-bond donors (Lipinski definition) is 6. The van der Waals surface area contributed by atoms with Crippen LogP contribution >= 0.6 is 0 Å². The third-order valence-corrected chi connectivity index (χ3v) is 8.82. The van der Waals surface area contributed by atoms with Crippen molar-refractivity contribution in [1.82, 2.24) is 9.80 Å². The van der Waals surface area contributed by atoms with Gasteiger partial charge in [-0.15, -0.1) is 0 Å². The number of likely N-dealkylation sites (N-methyl/N-ethyl adjacent to an activating group) is 1. The highest BCUT2D eigenvalue weighted by molar-refractivity contribution is 6.25. The number of carbonyl (C=O) groups excluding carboxylic acids is 4. The lowest BCUT2D eigenvalue weighted by Crippen LogP contribution is -2.63. The summed E-state index contributed by atoms with van der Waals surface area (Å²) in [4.78, 5) is 55.2. The van der Waals surface area contributed by atoms with Crippen molar-refractivity contribution >= 4 is 29.1 Å². The van der Waals surface area contributed by atoms with E-state index in [1.54, 1.807) is 4.90 Å². The van der Waals surface area contributed by atoms with E-state index in [9.17, 15) is 39.6 Å².